The number of hydrogen-bond acceptors (Lipinski definition) is 1. The Bertz CT molecular complexity index is 390. The van der Waals surface area contributed by atoms with Crippen molar-refractivity contribution in [3.05, 3.63) is 34.3 Å². The van der Waals surface area contributed by atoms with Crippen LogP contribution in [-0.2, 0) is 0 Å². The van der Waals surface area contributed by atoms with E-state index in [0.29, 0.717) is 5.56 Å². The van der Waals surface area contributed by atoms with Crippen molar-refractivity contribution in [2.45, 2.75) is 46.1 Å². The molecule has 0 saturated heterocycles. The Morgan fingerprint density at radius 1 is 1.28 bits per heavy atom. The van der Waals surface area contributed by atoms with Gasteiger partial charge in [-0.2, -0.15) is 0 Å². The molecule has 0 aliphatic carbocycles. The average molecular weight is 312 g/mol. The van der Waals surface area contributed by atoms with Crippen LogP contribution in [0.3, 0.4) is 0 Å². The van der Waals surface area contributed by atoms with Crippen LogP contribution in [0.15, 0.2) is 28.7 Å². The number of halogens is 1. The molecule has 1 rings (SSSR count). The van der Waals surface area contributed by atoms with Crippen molar-refractivity contribution in [1.29, 1.82) is 0 Å². The Hall–Kier alpha value is -0.830. The maximum atomic E-state index is 12.0. The third-order valence-electron chi connectivity index (χ3n) is 2.88. The van der Waals surface area contributed by atoms with E-state index in [0.717, 1.165) is 23.2 Å². The van der Waals surface area contributed by atoms with Gasteiger partial charge in [-0.05, 0) is 37.5 Å². The van der Waals surface area contributed by atoms with E-state index in [1.807, 2.05) is 24.3 Å². The maximum Gasteiger partial charge on any atom is 0.251 e. The standard InChI is InChI=1S/C15H22BrNO/c1-11(2)6-4-7-12(3)17-15(18)13-8-5-9-14(16)10-13/h5,8-12H,4,6-7H2,1-3H3,(H,17,18)/t12-/m1/s1. The second-order valence-electron chi connectivity index (χ2n) is 5.21. The molecule has 0 fully saturated rings. The molecule has 0 radical (unpaired) electrons. The lowest BCUT2D eigenvalue weighted by Gasteiger charge is -2.14. The van der Waals surface area contributed by atoms with E-state index in [2.05, 4.69) is 42.0 Å². The highest BCUT2D eigenvalue weighted by molar-refractivity contribution is 9.10. The maximum absolute atomic E-state index is 12.0. The van der Waals surface area contributed by atoms with Crippen LogP contribution >= 0.6 is 15.9 Å². The monoisotopic (exact) mass is 311 g/mol. The molecule has 0 unspecified atom stereocenters. The number of carbonyl (C=O) groups is 1. The molecule has 100 valence electrons. The van der Waals surface area contributed by atoms with Gasteiger partial charge in [0.1, 0.15) is 0 Å². The second-order valence-corrected chi connectivity index (χ2v) is 6.13. The van der Waals surface area contributed by atoms with Crippen molar-refractivity contribution in [3.63, 3.8) is 0 Å². The first-order valence-corrected chi connectivity index (χ1v) is 7.34. The summed E-state index contributed by atoms with van der Waals surface area (Å²) in [4.78, 5) is 12.0. The molecule has 0 bridgehead atoms. The number of carbonyl (C=O) groups excluding carboxylic acids is 1. The summed E-state index contributed by atoms with van der Waals surface area (Å²) in [5, 5.41) is 3.04. The number of hydrogen-bond donors (Lipinski definition) is 1. The van der Waals surface area contributed by atoms with Crippen molar-refractivity contribution in [2.24, 2.45) is 5.92 Å². The minimum atomic E-state index is 0.00773. The summed E-state index contributed by atoms with van der Waals surface area (Å²) in [5.41, 5.74) is 0.708. The van der Waals surface area contributed by atoms with Crippen molar-refractivity contribution >= 4 is 21.8 Å². The lowest BCUT2D eigenvalue weighted by Crippen LogP contribution is -2.32. The molecule has 1 amide bonds. The van der Waals surface area contributed by atoms with Gasteiger partial charge < -0.3 is 5.32 Å². The molecular formula is C15H22BrNO. The lowest BCUT2D eigenvalue weighted by molar-refractivity contribution is 0.0937. The second kappa shape index (κ2) is 7.57. The van der Waals surface area contributed by atoms with Crippen LogP contribution in [-0.4, -0.2) is 11.9 Å². The molecule has 1 atom stereocenters. The molecule has 2 nitrogen and oxygen atoms in total. The molecule has 0 aliphatic heterocycles. The normalized spacial score (nSPS) is 12.5. The van der Waals surface area contributed by atoms with E-state index in [9.17, 15) is 4.79 Å². The number of benzene rings is 1. The summed E-state index contributed by atoms with van der Waals surface area (Å²) in [6.45, 7) is 6.52. The number of rotatable bonds is 6. The van der Waals surface area contributed by atoms with Gasteiger partial charge >= 0.3 is 0 Å². The molecule has 0 saturated carbocycles. The van der Waals surface area contributed by atoms with Gasteiger partial charge in [-0.1, -0.05) is 48.7 Å². The van der Waals surface area contributed by atoms with Crippen molar-refractivity contribution < 1.29 is 4.79 Å². The van der Waals surface area contributed by atoms with Gasteiger partial charge in [0.2, 0.25) is 0 Å². The summed E-state index contributed by atoms with van der Waals surface area (Å²) in [6, 6.07) is 7.71. The fraction of sp³-hybridized carbons (Fsp3) is 0.533. The third kappa shape index (κ3) is 5.67. The summed E-state index contributed by atoms with van der Waals surface area (Å²) >= 11 is 3.37. The Morgan fingerprint density at radius 3 is 2.61 bits per heavy atom. The van der Waals surface area contributed by atoms with E-state index in [1.165, 1.54) is 6.42 Å². The van der Waals surface area contributed by atoms with Crippen LogP contribution in [0.2, 0.25) is 0 Å². The predicted molar refractivity (Wildman–Crippen MR) is 79.8 cm³/mol. The zero-order valence-corrected chi connectivity index (χ0v) is 13.0. The average Bonchev–Trinajstić information content (AvgIpc) is 2.28. The Kier molecular flexibility index (Phi) is 6.41. The molecule has 0 aromatic heterocycles. The van der Waals surface area contributed by atoms with Gasteiger partial charge in [0.25, 0.3) is 5.91 Å². The molecule has 0 heterocycles. The molecule has 1 aromatic rings. The first kappa shape index (κ1) is 15.2. The fourth-order valence-corrected chi connectivity index (χ4v) is 2.24. The zero-order chi connectivity index (χ0) is 13.5. The van der Waals surface area contributed by atoms with Gasteiger partial charge in [0.05, 0.1) is 0 Å². The Labute approximate surface area is 118 Å². The van der Waals surface area contributed by atoms with Crippen molar-refractivity contribution in [3.8, 4) is 0 Å². The first-order chi connectivity index (χ1) is 8.49. The summed E-state index contributed by atoms with van der Waals surface area (Å²) < 4.78 is 0.933. The summed E-state index contributed by atoms with van der Waals surface area (Å²) in [7, 11) is 0. The molecule has 1 N–H and O–H groups in total. The van der Waals surface area contributed by atoms with Crippen LogP contribution in [0.4, 0.5) is 0 Å². The minimum Gasteiger partial charge on any atom is -0.350 e. The largest absolute Gasteiger partial charge is 0.350 e. The highest BCUT2D eigenvalue weighted by Gasteiger charge is 2.09. The van der Waals surface area contributed by atoms with Gasteiger partial charge in [0.15, 0.2) is 0 Å². The summed E-state index contributed by atoms with van der Waals surface area (Å²) in [6.07, 6.45) is 3.42. The lowest BCUT2D eigenvalue weighted by atomic mass is 10.0. The van der Waals surface area contributed by atoms with Crippen LogP contribution in [0.1, 0.15) is 50.4 Å². The highest BCUT2D eigenvalue weighted by Crippen LogP contribution is 2.12. The zero-order valence-electron chi connectivity index (χ0n) is 11.4. The topological polar surface area (TPSA) is 29.1 Å². The van der Waals surface area contributed by atoms with Gasteiger partial charge in [-0.15, -0.1) is 0 Å². The molecule has 0 spiro atoms. The van der Waals surface area contributed by atoms with Crippen LogP contribution < -0.4 is 5.32 Å². The van der Waals surface area contributed by atoms with Gasteiger partial charge in [-0.3, -0.25) is 4.79 Å². The van der Waals surface area contributed by atoms with Gasteiger partial charge in [-0.25, -0.2) is 0 Å². The van der Waals surface area contributed by atoms with E-state index < -0.39 is 0 Å². The number of amides is 1. The molecule has 1 aromatic carbocycles. The minimum absolute atomic E-state index is 0.00773. The SMILES string of the molecule is CC(C)CCC[C@@H](C)NC(=O)c1cccc(Br)c1. The van der Waals surface area contributed by atoms with Crippen molar-refractivity contribution in [1.82, 2.24) is 5.32 Å². The van der Waals surface area contributed by atoms with E-state index in [4.69, 9.17) is 0 Å². The quantitative estimate of drug-likeness (QED) is 0.829. The smallest absolute Gasteiger partial charge is 0.251 e. The Morgan fingerprint density at radius 2 is 2.00 bits per heavy atom. The Balaban J connectivity index is 2.40. The van der Waals surface area contributed by atoms with Crippen LogP contribution in [0.25, 0.3) is 0 Å². The van der Waals surface area contributed by atoms with E-state index in [1.54, 1.807) is 0 Å². The van der Waals surface area contributed by atoms with E-state index >= 15 is 0 Å². The van der Waals surface area contributed by atoms with E-state index in [-0.39, 0.29) is 11.9 Å². The molecule has 3 heteroatoms. The fourth-order valence-electron chi connectivity index (χ4n) is 1.84. The highest BCUT2D eigenvalue weighted by atomic mass is 79.9. The first-order valence-electron chi connectivity index (χ1n) is 6.55. The van der Waals surface area contributed by atoms with Gasteiger partial charge in [0, 0.05) is 16.1 Å². The molecule has 0 aliphatic rings. The van der Waals surface area contributed by atoms with Crippen LogP contribution in [0, 0.1) is 5.92 Å². The van der Waals surface area contributed by atoms with Crippen LogP contribution in [0.5, 0.6) is 0 Å². The van der Waals surface area contributed by atoms with Crippen molar-refractivity contribution in [2.75, 3.05) is 0 Å². The molecule has 18 heavy (non-hydrogen) atoms. The third-order valence-corrected chi connectivity index (χ3v) is 3.38. The summed E-state index contributed by atoms with van der Waals surface area (Å²) in [5.74, 6) is 0.742. The number of nitrogens with one attached hydrogen (secondary N) is 1. The molecular weight excluding hydrogens is 290 g/mol. The predicted octanol–water partition coefficient (Wildman–Crippen LogP) is 4.39.